The normalized spacial score (nSPS) is 12.3. The maximum atomic E-state index is 11.5. The fourth-order valence-electron chi connectivity index (χ4n) is 0.926. The molecule has 1 unspecified atom stereocenters. The first-order chi connectivity index (χ1) is 7.06. The molecule has 1 atom stereocenters. The van der Waals surface area contributed by atoms with Crippen LogP contribution in [0.4, 0.5) is 5.69 Å². The van der Waals surface area contributed by atoms with Crippen LogP contribution in [0, 0.1) is 5.92 Å². The van der Waals surface area contributed by atoms with Gasteiger partial charge in [-0.15, -0.1) is 11.6 Å². The van der Waals surface area contributed by atoms with E-state index in [0.29, 0.717) is 21.1 Å². The maximum absolute atomic E-state index is 11.5. The monoisotopic (exact) mass is 309 g/mol. The SMILES string of the molecule is CC(CCl)C(=O)Nc1cccc(Cl)c1Br. The largest absolute Gasteiger partial charge is 0.325 e. The number of anilines is 1. The highest BCUT2D eigenvalue weighted by atomic mass is 79.9. The molecule has 0 aliphatic carbocycles. The van der Waals surface area contributed by atoms with Crippen molar-refractivity contribution in [2.24, 2.45) is 5.92 Å². The minimum Gasteiger partial charge on any atom is -0.325 e. The van der Waals surface area contributed by atoms with Crippen molar-refractivity contribution in [2.75, 3.05) is 11.2 Å². The van der Waals surface area contributed by atoms with E-state index in [0.717, 1.165) is 0 Å². The van der Waals surface area contributed by atoms with Crippen molar-refractivity contribution in [3.05, 3.63) is 27.7 Å². The van der Waals surface area contributed by atoms with Crippen LogP contribution in [0.15, 0.2) is 22.7 Å². The van der Waals surface area contributed by atoms with Crippen molar-refractivity contribution in [1.29, 1.82) is 0 Å². The zero-order valence-corrected chi connectivity index (χ0v) is 11.2. The summed E-state index contributed by atoms with van der Waals surface area (Å²) in [7, 11) is 0. The standard InChI is InChI=1S/C10H10BrCl2NO/c1-6(5-12)10(15)14-8-4-2-3-7(13)9(8)11/h2-4,6H,5H2,1H3,(H,14,15). The molecule has 0 radical (unpaired) electrons. The highest BCUT2D eigenvalue weighted by Crippen LogP contribution is 2.30. The molecule has 15 heavy (non-hydrogen) atoms. The molecule has 0 saturated carbocycles. The molecule has 1 rings (SSSR count). The molecule has 1 amide bonds. The highest BCUT2D eigenvalue weighted by molar-refractivity contribution is 9.10. The first-order valence-corrected chi connectivity index (χ1v) is 6.07. The van der Waals surface area contributed by atoms with Crippen LogP contribution in [0.1, 0.15) is 6.92 Å². The van der Waals surface area contributed by atoms with Gasteiger partial charge in [-0.05, 0) is 28.1 Å². The summed E-state index contributed by atoms with van der Waals surface area (Å²) in [6.45, 7) is 1.76. The summed E-state index contributed by atoms with van der Waals surface area (Å²) in [6, 6.07) is 5.29. The molecule has 0 spiro atoms. The van der Waals surface area contributed by atoms with Gasteiger partial charge in [0.1, 0.15) is 0 Å². The molecule has 0 aliphatic heterocycles. The van der Waals surface area contributed by atoms with Gasteiger partial charge in [0.05, 0.1) is 15.2 Å². The number of amides is 1. The van der Waals surface area contributed by atoms with Crippen molar-refractivity contribution < 1.29 is 4.79 Å². The number of halogens is 3. The van der Waals surface area contributed by atoms with E-state index in [4.69, 9.17) is 23.2 Å². The molecule has 0 bridgehead atoms. The van der Waals surface area contributed by atoms with E-state index in [1.165, 1.54) is 0 Å². The molecular formula is C10H10BrCl2NO. The number of hydrogen-bond donors (Lipinski definition) is 1. The second-order valence-electron chi connectivity index (χ2n) is 3.15. The molecular weight excluding hydrogens is 301 g/mol. The highest BCUT2D eigenvalue weighted by Gasteiger charge is 2.13. The number of carbonyl (C=O) groups excluding carboxylic acids is 1. The lowest BCUT2D eigenvalue weighted by Gasteiger charge is -2.11. The van der Waals surface area contributed by atoms with E-state index in [9.17, 15) is 4.79 Å². The molecule has 2 nitrogen and oxygen atoms in total. The lowest BCUT2D eigenvalue weighted by molar-refractivity contribution is -0.118. The van der Waals surface area contributed by atoms with E-state index >= 15 is 0 Å². The number of rotatable bonds is 3. The lowest BCUT2D eigenvalue weighted by Crippen LogP contribution is -2.21. The van der Waals surface area contributed by atoms with E-state index in [1.807, 2.05) is 0 Å². The second kappa shape index (κ2) is 5.73. The summed E-state index contributed by atoms with van der Waals surface area (Å²) < 4.78 is 0.682. The summed E-state index contributed by atoms with van der Waals surface area (Å²) in [5.41, 5.74) is 0.657. The molecule has 1 aromatic rings. The average Bonchev–Trinajstić information content (AvgIpc) is 2.23. The Morgan fingerprint density at radius 2 is 2.27 bits per heavy atom. The van der Waals surface area contributed by atoms with Crippen LogP contribution in [0.25, 0.3) is 0 Å². The fraction of sp³-hybridized carbons (Fsp3) is 0.300. The molecule has 0 fully saturated rings. The molecule has 1 aromatic carbocycles. The third-order valence-electron chi connectivity index (χ3n) is 1.89. The van der Waals surface area contributed by atoms with Crippen molar-refractivity contribution in [1.82, 2.24) is 0 Å². The Labute approximate surface area is 107 Å². The van der Waals surface area contributed by atoms with Gasteiger partial charge in [0, 0.05) is 11.8 Å². The van der Waals surface area contributed by atoms with Crippen molar-refractivity contribution in [3.63, 3.8) is 0 Å². The fourth-order valence-corrected chi connectivity index (χ4v) is 1.60. The molecule has 0 aromatic heterocycles. The van der Waals surface area contributed by atoms with E-state index in [1.54, 1.807) is 25.1 Å². The predicted octanol–water partition coefficient (Wildman–Crippen LogP) is 3.92. The third-order valence-corrected chi connectivity index (χ3v) is 3.75. The van der Waals surface area contributed by atoms with Crippen LogP contribution < -0.4 is 5.32 Å². The first-order valence-electron chi connectivity index (χ1n) is 4.37. The molecule has 82 valence electrons. The Bertz CT molecular complexity index is 370. The Balaban J connectivity index is 2.81. The molecule has 5 heteroatoms. The van der Waals surface area contributed by atoms with Gasteiger partial charge in [0.25, 0.3) is 0 Å². The Morgan fingerprint density at radius 1 is 1.60 bits per heavy atom. The lowest BCUT2D eigenvalue weighted by atomic mass is 10.2. The van der Waals surface area contributed by atoms with Gasteiger partial charge in [-0.1, -0.05) is 24.6 Å². The Kier molecular flexibility index (Phi) is 4.90. The third kappa shape index (κ3) is 3.37. The topological polar surface area (TPSA) is 29.1 Å². The van der Waals surface area contributed by atoms with Crippen molar-refractivity contribution >= 4 is 50.7 Å². The van der Waals surface area contributed by atoms with Gasteiger partial charge in [0.2, 0.25) is 5.91 Å². The van der Waals surface area contributed by atoms with Crippen LogP contribution in [-0.4, -0.2) is 11.8 Å². The number of carbonyl (C=O) groups is 1. The Hall–Kier alpha value is -0.250. The van der Waals surface area contributed by atoms with Gasteiger partial charge in [-0.3, -0.25) is 4.79 Å². The van der Waals surface area contributed by atoms with Gasteiger partial charge in [-0.25, -0.2) is 0 Å². The van der Waals surface area contributed by atoms with E-state index < -0.39 is 0 Å². The van der Waals surface area contributed by atoms with Gasteiger partial charge in [0.15, 0.2) is 0 Å². The minimum absolute atomic E-state index is 0.118. The van der Waals surface area contributed by atoms with Crippen LogP contribution in [0.3, 0.4) is 0 Å². The van der Waals surface area contributed by atoms with Crippen LogP contribution in [0.5, 0.6) is 0 Å². The van der Waals surface area contributed by atoms with E-state index in [-0.39, 0.29) is 11.8 Å². The average molecular weight is 311 g/mol. The zero-order valence-electron chi connectivity index (χ0n) is 8.06. The minimum atomic E-state index is -0.224. The van der Waals surface area contributed by atoms with Gasteiger partial charge < -0.3 is 5.32 Å². The predicted molar refractivity (Wildman–Crippen MR) is 67.7 cm³/mol. The van der Waals surface area contributed by atoms with Gasteiger partial charge >= 0.3 is 0 Å². The van der Waals surface area contributed by atoms with Gasteiger partial charge in [-0.2, -0.15) is 0 Å². The molecule has 0 saturated heterocycles. The van der Waals surface area contributed by atoms with Crippen LogP contribution in [0.2, 0.25) is 5.02 Å². The quantitative estimate of drug-likeness (QED) is 0.842. The Morgan fingerprint density at radius 3 is 2.87 bits per heavy atom. The van der Waals surface area contributed by atoms with Crippen molar-refractivity contribution in [3.8, 4) is 0 Å². The van der Waals surface area contributed by atoms with Crippen molar-refractivity contribution in [2.45, 2.75) is 6.92 Å². The summed E-state index contributed by atoms with van der Waals surface area (Å²) in [5.74, 6) is -0.0465. The molecule has 0 aliphatic rings. The summed E-state index contributed by atoms with van der Waals surface area (Å²) >= 11 is 14.8. The maximum Gasteiger partial charge on any atom is 0.228 e. The number of benzene rings is 1. The number of hydrogen-bond acceptors (Lipinski definition) is 1. The summed E-state index contributed by atoms with van der Waals surface area (Å²) in [6.07, 6.45) is 0. The molecule has 1 N–H and O–H groups in total. The second-order valence-corrected chi connectivity index (χ2v) is 4.65. The first kappa shape index (κ1) is 12.8. The summed E-state index contributed by atoms with van der Waals surface area (Å²) in [5, 5.41) is 3.31. The molecule has 0 heterocycles. The van der Waals surface area contributed by atoms with Crippen LogP contribution >= 0.6 is 39.1 Å². The number of alkyl halides is 1. The number of nitrogens with one attached hydrogen (secondary N) is 1. The smallest absolute Gasteiger partial charge is 0.228 e. The summed E-state index contributed by atoms with van der Waals surface area (Å²) in [4.78, 5) is 11.5. The zero-order chi connectivity index (χ0) is 11.4. The van der Waals surface area contributed by atoms with E-state index in [2.05, 4.69) is 21.2 Å². The van der Waals surface area contributed by atoms with Crippen LogP contribution in [-0.2, 0) is 4.79 Å².